The van der Waals surface area contributed by atoms with Crippen molar-refractivity contribution in [3.8, 4) is 11.5 Å². The summed E-state index contributed by atoms with van der Waals surface area (Å²) in [5.74, 6) is 1.51. The number of nitrogens with one attached hydrogen (secondary N) is 1. The molecule has 1 atom stereocenters. The van der Waals surface area contributed by atoms with Gasteiger partial charge in [0.15, 0.2) is 11.5 Å². The Hall–Kier alpha value is -3.55. The zero-order chi connectivity index (χ0) is 22.5. The number of hydrogen-bond acceptors (Lipinski definition) is 7. The summed E-state index contributed by atoms with van der Waals surface area (Å²) >= 11 is 0. The number of nitrogens with zero attached hydrogens (tertiary/aromatic N) is 2. The third-order valence-electron chi connectivity index (χ3n) is 5.52. The van der Waals surface area contributed by atoms with E-state index in [1.54, 1.807) is 7.11 Å². The Morgan fingerprint density at radius 1 is 1.16 bits per heavy atom. The van der Waals surface area contributed by atoms with Crippen LogP contribution in [0.1, 0.15) is 30.9 Å². The van der Waals surface area contributed by atoms with Crippen LogP contribution in [-0.2, 0) is 27.3 Å². The van der Waals surface area contributed by atoms with Crippen LogP contribution in [0.5, 0.6) is 11.5 Å². The largest absolute Gasteiger partial charge is 0.492 e. The minimum absolute atomic E-state index is 0.0522. The van der Waals surface area contributed by atoms with Crippen LogP contribution >= 0.6 is 0 Å². The predicted molar refractivity (Wildman–Crippen MR) is 119 cm³/mol. The molecule has 2 aliphatic rings. The standard InChI is InChI=1S/C24H27N3O5/c1-16(28)31-12-6-7-13-32-21-11-10-19-18(22(21)30-2)15-27-20(23(29)26-24(27)25-19)14-17-8-4-3-5-9-17/h3-5,8-11,20H,6-7,12-15H2,1-2H3,(H,25,26,29). The first kappa shape index (κ1) is 21.7. The van der Waals surface area contributed by atoms with Gasteiger partial charge >= 0.3 is 5.97 Å². The molecule has 0 saturated carbocycles. The van der Waals surface area contributed by atoms with Crippen LogP contribution < -0.4 is 14.8 Å². The van der Waals surface area contributed by atoms with E-state index >= 15 is 0 Å². The number of carbonyl (C=O) groups excluding carboxylic acids is 2. The van der Waals surface area contributed by atoms with Gasteiger partial charge in [0.25, 0.3) is 0 Å². The molecule has 0 aliphatic carbocycles. The second-order valence-electron chi connectivity index (χ2n) is 7.75. The van der Waals surface area contributed by atoms with Crippen molar-refractivity contribution < 1.29 is 23.8 Å². The number of guanidine groups is 1. The molecule has 8 heteroatoms. The van der Waals surface area contributed by atoms with E-state index in [1.165, 1.54) is 6.92 Å². The monoisotopic (exact) mass is 437 g/mol. The molecule has 1 amide bonds. The van der Waals surface area contributed by atoms with Gasteiger partial charge in [0.05, 0.1) is 32.6 Å². The van der Waals surface area contributed by atoms with E-state index < -0.39 is 0 Å². The Bertz CT molecular complexity index is 1020. The lowest BCUT2D eigenvalue weighted by molar-refractivity contribution is -0.141. The molecular weight excluding hydrogens is 410 g/mol. The van der Waals surface area contributed by atoms with Crippen molar-refractivity contribution in [3.63, 3.8) is 0 Å². The molecule has 0 spiro atoms. The summed E-state index contributed by atoms with van der Waals surface area (Å²) in [5.41, 5.74) is 2.75. The van der Waals surface area contributed by atoms with Crippen molar-refractivity contribution in [1.82, 2.24) is 10.2 Å². The lowest BCUT2D eigenvalue weighted by Crippen LogP contribution is -2.38. The molecule has 2 aromatic carbocycles. The van der Waals surface area contributed by atoms with Crippen molar-refractivity contribution in [2.24, 2.45) is 4.99 Å². The van der Waals surface area contributed by atoms with Gasteiger partial charge in [-0.1, -0.05) is 30.3 Å². The van der Waals surface area contributed by atoms with Crippen LogP contribution in [0.4, 0.5) is 5.69 Å². The summed E-state index contributed by atoms with van der Waals surface area (Å²) in [6, 6.07) is 13.3. The van der Waals surface area contributed by atoms with Crippen molar-refractivity contribution in [3.05, 3.63) is 53.6 Å². The van der Waals surface area contributed by atoms with Gasteiger partial charge in [-0.05, 0) is 30.5 Å². The van der Waals surface area contributed by atoms with Crippen LogP contribution in [0, 0.1) is 0 Å². The maximum Gasteiger partial charge on any atom is 0.302 e. The van der Waals surface area contributed by atoms with Gasteiger partial charge in [0.2, 0.25) is 11.9 Å². The Morgan fingerprint density at radius 3 is 2.69 bits per heavy atom. The minimum atomic E-state index is -0.333. The second-order valence-corrected chi connectivity index (χ2v) is 7.75. The van der Waals surface area contributed by atoms with E-state index in [4.69, 9.17) is 14.2 Å². The van der Waals surface area contributed by atoms with E-state index in [0.717, 1.165) is 29.7 Å². The zero-order valence-electron chi connectivity index (χ0n) is 18.3. The molecule has 168 valence electrons. The number of esters is 1. The second kappa shape index (κ2) is 9.72. The van der Waals surface area contributed by atoms with Gasteiger partial charge in [0, 0.05) is 18.9 Å². The highest BCUT2D eigenvalue weighted by Gasteiger charge is 2.40. The maximum atomic E-state index is 12.7. The lowest BCUT2D eigenvalue weighted by atomic mass is 10.0. The number of aliphatic imine (C=N–C) groups is 1. The van der Waals surface area contributed by atoms with Crippen molar-refractivity contribution in [2.75, 3.05) is 20.3 Å². The molecule has 1 saturated heterocycles. The smallest absolute Gasteiger partial charge is 0.302 e. The Morgan fingerprint density at radius 2 is 1.94 bits per heavy atom. The van der Waals surface area contributed by atoms with Gasteiger partial charge < -0.3 is 19.1 Å². The number of unbranched alkanes of at least 4 members (excludes halogenated alkanes) is 1. The third-order valence-corrected chi connectivity index (χ3v) is 5.52. The fraction of sp³-hybridized carbons (Fsp3) is 0.375. The van der Waals surface area contributed by atoms with Gasteiger partial charge in [-0.15, -0.1) is 0 Å². The van der Waals surface area contributed by atoms with E-state index in [0.29, 0.717) is 43.6 Å². The third kappa shape index (κ3) is 4.69. The van der Waals surface area contributed by atoms with E-state index in [1.807, 2.05) is 47.4 Å². The van der Waals surface area contributed by atoms with Crippen LogP contribution in [-0.4, -0.2) is 49.1 Å². The van der Waals surface area contributed by atoms with Crippen molar-refractivity contribution in [2.45, 2.75) is 38.8 Å². The highest BCUT2D eigenvalue weighted by molar-refractivity contribution is 6.08. The number of fused-ring (bicyclic) bond motifs is 2. The number of rotatable bonds is 9. The number of hydrogen-bond donors (Lipinski definition) is 1. The first-order valence-corrected chi connectivity index (χ1v) is 10.7. The molecule has 0 bridgehead atoms. The van der Waals surface area contributed by atoms with Crippen molar-refractivity contribution >= 4 is 23.5 Å². The molecule has 8 nitrogen and oxygen atoms in total. The highest BCUT2D eigenvalue weighted by Crippen LogP contribution is 2.41. The summed E-state index contributed by atoms with van der Waals surface area (Å²) < 4.78 is 16.6. The first-order valence-electron chi connectivity index (χ1n) is 10.7. The summed E-state index contributed by atoms with van der Waals surface area (Å²) in [7, 11) is 1.61. The van der Waals surface area contributed by atoms with Crippen LogP contribution in [0.3, 0.4) is 0 Å². The van der Waals surface area contributed by atoms with Gasteiger partial charge in [-0.25, -0.2) is 4.99 Å². The number of amides is 1. The molecule has 0 radical (unpaired) electrons. The van der Waals surface area contributed by atoms with E-state index in [-0.39, 0.29) is 17.9 Å². The highest BCUT2D eigenvalue weighted by atomic mass is 16.5. The molecule has 2 heterocycles. The number of benzene rings is 2. The maximum absolute atomic E-state index is 12.7. The lowest BCUT2D eigenvalue weighted by Gasteiger charge is -2.29. The summed E-state index contributed by atoms with van der Waals surface area (Å²) in [6.45, 7) is 2.76. The molecule has 32 heavy (non-hydrogen) atoms. The number of ether oxygens (including phenoxy) is 3. The molecule has 0 aromatic heterocycles. The molecule has 4 rings (SSSR count). The fourth-order valence-corrected chi connectivity index (χ4v) is 3.95. The molecule has 1 fully saturated rings. The summed E-state index contributed by atoms with van der Waals surface area (Å²) in [5, 5.41) is 2.91. The number of carbonyl (C=O) groups is 2. The average molecular weight is 437 g/mol. The molecular formula is C24H27N3O5. The fourth-order valence-electron chi connectivity index (χ4n) is 3.95. The van der Waals surface area contributed by atoms with Crippen LogP contribution in [0.15, 0.2) is 47.5 Å². The van der Waals surface area contributed by atoms with E-state index in [9.17, 15) is 9.59 Å². The Kier molecular flexibility index (Phi) is 6.58. The topological polar surface area (TPSA) is 89.5 Å². The van der Waals surface area contributed by atoms with Crippen LogP contribution in [0.2, 0.25) is 0 Å². The Labute approximate surface area is 187 Å². The number of methoxy groups -OCH3 is 1. The quantitative estimate of drug-likeness (QED) is 0.479. The summed E-state index contributed by atoms with van der Waals surface area (Å²) in [6.07, 6.45) is 2.07. The van der Waals surface area contributed by atoms with E-state index in [2.05, 4.69) is 10.3 Å². The van der Waals surface area contributed by atoms with Gasteiger partial charge in [-0.3, -0.25) is 14.9 Å². The van der Waals surface area contributed by atoms with Gasteiger partial charge in [-0.2, -0.15) is 0 Å². The SMILES string of the molecule is COc1c(OCCCCOC(C)=O)ccc2c1CN1C(=N2)NC(=O)C1Cc1ccccc1. The average Bonchev–Trinajstić information content (AvgIpc) is 3.09. The summed E-state index contributed by atoms with van der Waals surface area (Å²) in [4.78, 5) is 30.2. The molecule has 2 aliphatic heterocycles. The van der Waals surface area contributed by atoms with Crippen LogP contribution in [0.25, 0.3) is 0 Å². The first-order chi connectivity index (χ1) is 15.6. The Balaban J connectivity index is 1.47. The van der Waals surface area contributed by atoms with Gasteiger partial charge in [0.1, 0.15) is 6.04 Å². The molecule has 1 unspecified atom stereocenters. The molecule has 1 N–H and O–H groups in total. The zero-order valence-corrected chi connectivity index (χ0v) is 18.3. The minimum Gasteiger partial charge on any atom is -0.492 e. The normalized spacial score (nSPS) is 16.6. The van der Waals surface area contributed by atoms with Crippen molar-refractivity contribution in [1.29, 1.82) is 0 Å². The predicted octanol–water partition coefficient (Wildman–Crippen LogP) is 2.96. The molecule has 2 aromatic rings.